The third-order valence-corrected chi connectivity index (χ3v) is 6.64. The number of hydrogen-bond donors (Lipinski definition) is 1. The van der Waals surface area contributed by atoms with Gasteiger partial charge in [0.1, 0.15) is 5.82 Å². The van der Waals surface area contributed by atoms with E-state index in [1.807, 2.05) is 60.7 Å². The Morgan fingerprint density at radius 2 is 1.82 bits per heavy atom. The second kappa shape index (κ2) is 9.75. The van der Waals surface area contributed by atoms with Crippen molar-refractivity contribution in [1.29, 1.82) is 0 Å². The van der Waals surface area contributed by atoms with E-state index in [0.717, 1.165) is 35.3 Å². The number of fused-ring (bicyclic) bond motifs is 1. The third-order valence-electron chi connectivity index (χ3n) is 6.64. The van der Waals surface area contributed by atoms with Crippen molar-refractivity contribution in [3.05, 3.63) is 78.2 Å². The molecule has 2 atom stereocenters. The van der Waals surface area contributed by atoms with Crippen LogP contribution in [0.4, 0.5) is 0 Å². The van der Waals surface area contributed by atoms with E-state index in [2.05, 4.69) is 18.4 Å². The number of benzene rings is 2. The fourth-order valence-electron chi connectivity index (χ4n) is 4.80. The lowest BCUT2D eigenvalue weighted by atomic mass is 9.68. The van der Waals surface area contributed by atoms with E-state index in [1.54, 1.807) is 20.3 Å². The number of imidazole rings is 1. The van der Waals surface area contributed by atoms with E-state index in [9.17, 15) is 9.90 Å². The van der Waals surface area contributed by atoms with Crippen molar-refractivity contribution in [2.24, 2.45) is 11.8 Å². The van der Waals surface area contributed by atoms with Crippen molar-refractivity contribution >= 4 is 17.0 Å². The summed E-state index contributed by atoms with van der Waals surface area (Å²) in [4.78, 5) is 17.4. The molecule has 1 aliphatic carbocycles. The molecule has 178 valence electrons. The number of carboxylic acid groups (broad SMARTS) is 1. The molecule has 2 aromatic carbocycles. The Balaban J connectivity index is 1.94. The minimum absolute atomic E-state index is 0.439. The Morgan fingerprint density at radius 1 is 1.12 bits per heavy atom. The number of aliphatic carboxylic acids is 1. The number of aromatic nitrogens is 2. The van der Waals surface area contributed by atoms with Gasteiger partial charge in [-0.1, -0.05) is 68.5 Å². The van der Waals surface area contributed by atoms with Crippen LogP contribution in [-0.4, -0.2) is 34.8 Å². The Bertz CT molecular complexity index is 1230. The maximum absolute atomic E-state index is 12.5. The van der Waals surface area contributed by atoms with Gasteiger partial charge in [-0.05, 0) is 17.9 Å². The van der Waals surface area contributed by atoms with Crippen LogP contribution < -0.4 is 9.47 Å². The molecule has 0 amide bonds. The first-order chi connectivity index (χ1) is 16.4. The van der Waals surface area contributed by atoms with Gasteiger partial charge in [-0.2, -0.15) is 0 Å². The van der Waals surface area contributed by atoms with Gasteiger partial charge in [0.15, 0.2) is 11.5 Å². The summed E-state index contributed by atoms with van der Waals surface area (Å²) in [5, 5.41) is 10.2. The zero-order chi connectivity index (χ0) is 24.3. The highest BCUT2D eigenvalue weighted by atomic mass is 16.5. The van der Waals surface area contributed by atoms with Crippen LogP contribution in [0, 0.1) is 11.8 Å². The lowest BCUT2D eigenvalue weighted by molar-refractivity contribution is -0.142. The van der Waals surface area contributed by atoms with Crippen molar-refractivity contribution < 1.29 is 19.4 Å². The summed E-state index contributed by atoms with van der Waals surface area (Å²) in [6.45, 7) is 4.83. The van der Waals surface area contributed by atoms with Gasteiger partial charge in [0.2, 0.25) is 0 Å². The van der Waals surface area contributed by atoms with Gasteiger partial charge in [-0.15, -0.1) is 0 Å². The molecular weight excluding hydrogens is 428 g/mol. The summed E-state index contributed by atoms with van der Waals surface area (Å²) in [7, 11) is 3.23. The monoisotopic (exact) mass is 460 g/mol. The zero-order valence-electron chi connectivity index (χ0n) is 20.2. The first kappa shape index (κ1) is 23.6. The number of ether oxygens (including phenoxy) is 2. The lowest BCUT2D eigenvalue weighted by Gasteiger charge is -2.38. The molecule has 3 aromatic rings. The molecule has 0 bridgehead atoms. The quantitative estimate of drug-likeness (QED) is 0.462. The smallest absolute Gasteiger partial charge is 0.311 e. The first-order valence-corrected chi connectivity index (χ1v) is 11.6. The first-order valence-electron chi connectivity index (χ1n) is 11.6. The molecule has 6 heteroatoms. The van der Waals surface area contributed by atoms with Crippen LogP contribution in [-0.2, 0) is 23.2 Å². The molecule has 2 unspecified atom stereocenters. The van der Waals surface area contributed by atoms with Crippen LogP contribution in [0.25, 0.3) is 11.0 Å². The van der Waals surface area contributed by atoms with Crippen LogP contribution in [0.15, 0.2) is 66.8 Å². The number of allylic oxidation sites excluding steroid dienone is 3. The summed E-state index contributed by atoms with van der Waals surface area (Å²) in [5.74, 6) is 1.13. The Labute approximate surface area is 200 Å². The summed E-state index contributed by atoms with van der Waals surface area (Å²) in [6, 6.07) is 13.7. The van der Waals surface area contributed by atoms with Gasteiger partial charge < -0.3 is 19.1 Å². The highest BCUT2D eigenvalue weighted by molar-refractivity contribution is 5.81. The largest absolute Gasteiger partial charge is 0.493 e. The van der Waals surface area contributed by atoms with E-state index in [0.29, 0.717) is 24.0 Å². The molecule has 34 heavy (non-hydrogen) atoms. The predicted molar refractivity (Wildman–Crippen MR) is 134 cm³/mol. The average molecular weight is 461 g/mol. The molecule has 0 fully saturated rings. The van der Waals surface area contributed by atoms with Gasteiger partial charge in [0.25, 0.3) is 0 Å². The van der Waals surface area contributed by atoms with Gasteiger partial charge in [-0.25, -0.2) is 4.98 Å². The van der Waals surface area contributed by atoms with Gasteiger partial charge in [-0.3, -0.25) is 4.79 Å². The van der Waals surface area contributed by atoms with Crippen LogP contribution in [0.5, 0.6) is 11.5 Å². The minimum Gasteiger partial charge on any atom is -0.493 e. The van der Waals surface area contributed by atoms with E-state index in [-0.39, 0.29) is 0 Å². The Kier molecular flexibility index (Phi) is 6.77. The molecule has 1 N–H and O–H groups in total. The summed E-state index contributed by atoms with van der Waals surface area (Å²) in [5.41, 5.74) is 1.90. The second-order valence-electron chi connectivity index (χ2n) is 9.21. The van der Waals surface area contributed by atoms with E-state index >= 15 is 0 Å². The Hall–Kier alpha value is -3.54. The number of aryl methyl sites for hydroxylation is 1. The van der Waals surface area contributed by atoms with Crippen LogP contribution in [0.1, 0.15) is 31.7 Å². The van der Waals surface area contributed by atoms with Crippen molar-refractivity contribution in [3.63, 3.8) is 0 Å². The van der Waals surface area contributed by atoms with Crippen LogP contribution >= 0.6 is 0 Å². The van der Waals surface area contributed by atoms with E-state index < -0.39 is 17.3 Å². The van der Waals surface area contributed by atoms with Gasteiger partial charge in [0.05, 0.1) is 31.2 Å². The van der Waals surface area contributed by atoms with Crippen molar-refractivity contribution in [2.45, 2.75) is 38.6 Å². The van der Waals surface area contributed by atoms with Crippen LogP contribution in [0.2, 0.25) is 0 Å². The molecular formula is C28H32N2O4. The van der Waals surface area contributed by atoms with E-state index in [4.69, 9.17) is 14.5 Å². The van der Waals surface area contributed by atoms with Crippen molar-refractivity contribution in [1.82, 2.24) is 9.55 Å². The molecule has 1 aromatic heterocycles. The summed E-state index contributed by atoms with van der Waals surface area (Å²) < 4.78 is 13.3. The van der Waals surface area contributed by atoms with Crippen molar-refractivity contribution in [2.75, 3.05) is 14.2 Å². The third kappa shape index (κ3) is 4.32. The van der Waals surface area contributed by atoms with Crippen LogP contribution in [0.3, 0.4) is 0 Å². The molecule has 0 spiro atoms. The fourth-order valence-corrected chi connectivity index (χ4v) is 4.80. The number of nitrogens with zero attached hydrogens (tertiary/aromatic N) is 2. The molecule has 1 aliphatic rings. The highest BCUT2D eigenvalue weighted by Gasteiger charge is 2.43. The Morgan fingerprint density at radius 3 is 2.47 bits per heavy atom. The standard InChI is InChI=1S/C28H32N2O4/c1-19(2)13-14-26-29-22-16-24(33-3)25(34-4)17-23(22)30(26)18-28(20-10-6-5-7-11-20)15-9-8-12-21(28)27(31)32/h5-12,15-17,19,21H,13-14,18H2,1-4H3,(H,31,32). The highest BCUT2D eigenvalue weighted by Crippen LogP contribution is 2.41. The number of carbonyl (C=O) groups is 1. The zero-order valence-corrected chi connectivity index (χ0v) is 20.2. The van der Waals surface area contributed by atoms with E-state index in [1.165, 1.54) is 0 Å². The fraction of sp³-hybridized carbons (Fsp3) is 0.357. The summed E-state index contributed by atoms with van der Waals surface area (Å²) >= 11 is 0. The second-order valence-corrected chi connectivity index (χ2v) is 9.21. The normalized spacial score (nSPS) is 19.6. The number of rotatable bonds is 9. The lowest BCUT2D eigenvalue weighted by Crippen LogP contribution is -2.42. The molecule has 6 nitrogen and oxygen atoms in total. The molecule has 0 radical (unpaired) electrons. The summed E-state index contributed by atoms with van der Waals surface area (Å²) in [6.07, 6.45) is 9.35. The maximum atomic E-state index is 12.5. The number of carboxylic acids is 1. The molecule has 0 aliphatic heterocycles. The topological polar surface area (TPSA) is 73.6 Å². The predicted octanol–water partition coefficient (Wildman–Crippen LogP) is 5.41. The maximum Gasteiger partial charge on any atom is 0.311 e. The minimum atomic E-state index is -0.850. The molecule has 0 saturated heterocycles. The van der Waals surface area contributed by atoms with Crippen molar-refractivity contribution in [3.8, 4) is 11.5 Å². The molecule has 0 saturated carbocycles. The number of methoxy groups -OCH3 is 2. The molecule has 4 rings (SSSR count). The SMILES string of the molecule is COc1cc2nc(CCC(C)C)n(CC3(c4ccccc4)C=CC=CC3C(=O)O)c2cc1OC. The van der Waals surface area contributed by atoms with Gasteiger partial charge >= 0.3 is 5.97 Å². The average Bonchev–Trinajstić information content (AvgIpc) is 3.18. The molecule has 1 heterocycles. The number of hydrogen-bond acceptors (Lipinski definition) is 4. The van der Waals surface area contributed by atoms with Gasteiger partial charge in [0, 0.05) is 30.5 Å².